The van der Waals surface area contributed by atoms with Crippen LogP contribution in [0.1, 0.15) is 23.7 Å². The van der Waals surface area contributed by atoms with Gasteiger partial charge in [-0.3, -0.25) is 9.59 Å². The zero-order chi connectivity index (χ0) is 28.1. The van der Waals surface area contributed by atoms with Gasteiger partial charge in [-0.15, -0.1) is 16.4 Å². The standard InChI is InChI=1S/C30H31N7O3S/c1-3-23-27(35-10-8-31-9-11-35)29(39)37-30(33-28(34-37)21-4-5-24-19(15-21)6-12-40-24)36(23)17-26(38)32-22-16-20-7-13-41-25(20)14-18(22)2/h4-5,7,13-16,31H,3,6,8-12,17H2,1-2H3,(H,32,38). The third-order valence-electron chi connectivity index (χ3n) is 7.92. The van der Waals surface area contributed by atoms with Gasteiger partial charge in [0, 0.05) is 48.6 Å². The first-order valence-corrected chi connectivity index (χ1v) is 14.9. The number of rotatable bonds is 6. The van der Waals surface area contributed by atoms with Crippen LogP contribution in [0.5, 0.6) is 5.75 Å². The number of aromatic nitrogens is 4. The summed E-state index contributed by atoms with van der Waals surface area (Å²) in [6.07, 6.45) is 1.39. The smallest absolute Gasteiger partial charge is 0.299 e. The number of thiophene rings is 1. The van der Waals surface area contributed by atoms with Crippen LogP contribution < -0.4 is 25.8 Å². The lowest BCUT2D eigenvalue weighted by molar-refractivity contribution is -0.116. The maximum Gasteiger partial charge on any atom is 0.299 e. The lowest BCUT2D eigenvalue weighted by atomic mass is 10.1. The van der Waals surface area contributed by atoms with Crippen molar-refractivity contribution in [3.05, 3.63) is 69.0 Å². The molecule has 1 amide bonds. The molecule has 2 aromatic carbocycles. The molecule has 2 aliphatic rings. The Morgan fingerprint density at radius 3 is 2.85 bits per heavy atom. The van der Waals surface area contributed by atoms with Crippen LogP contribution in [0.25, 0.3) is 27.3 Å². The molecule has 3 aromatic heterocycles. The highest BCUT2D eigenvalue weighted by Crippen LogP contribution is 2.30. The summed E-state index contributed by atoms with van der Waals surface area (Å²) in [4.78, 5) is 34.5. The van der Waals surface area contributed by atoms with E-state index < -0.39 is 0 Å². The van der Waals surface area contributed by atoms with E-state index in [4.69, 9.17) is 14.8 Å². The fourth-order valence-corrected chi connectivity index (χ4v) is 6.71. The lowest BCUT2D eigenvalue weighted by Crippen LogP contribution is -2.47. The lowest BCUT2D eigenvalue weighted by Gasteiger charge is -2.31. The summed E-state index contributed by atoms with van der Waals surface area (Å²) >= 11 is 1.68. The number of anilines is 2. The molecule has 10 nitrogen and oxygen atoms in total. The highest BCUT2D eigenvalue weighted by molar-refractivity contribution is 7.17. The molecule has 0 saturated carbocycles. The summed E-state index contributed by atoms with van der Waals surface area (Å²) in [7, 11) is 0. The van der Waals surface area contributed by atoms with Crippen LogP contribution in [-0.2, 0) is 24.2 Å². The Labute approximate surface area is 240 Å². The van der Waals surface area contributed by atoms with Gasteiger partial charge in [0.15, 0.2) is 5.82 Å². The molecule has 1 saturated heterocycles. The van der Waals surface area contributed by atoms with E-state index in [0.29, 0.717) is 43.4 Å². The van der Waals surface area contributed by atoms with Crippen molar-refractivity contribution >= 4 is 44.5 Å². The number of piperazine rings is 1. The molecule has 0 atom stereocenters. The Hall–Kier alpha value is -4.22. The number of fused-ring (bicyclic) bond motifs is 3. The zero-order valence-corrected chi connectivity index (χ0v) is 23.9. The Bertz CT molecular complexity index is 1870. The van der Waals surface area contributed by atoms with Gasteiger partial charge in [0.05, 0.1) is 12.3 Å². The Kier molecular flexibility index (Phi) is 6.47. The largest absolute Gasteiger partial charge is 0.493 e. The predicted octanol–water partition coefficient (Wildman–Crippen LogP) is 3.63. The number of hydrogen-bond acceptors (Lipinski definition) is 8. The highest BCUT2D eigenvalue weighted by Gasteiger charge is 2.26. The monoisotopic (exact) mass is 569 g/mol. The van der Waals surface area contributed by atoms with Crippen molar-refractivity contribution in [1.29, 1.82) is 0 Å². The molecule has 5 heterocycles. The molecule has 0 radical (unpaired) electrons. The van der Waals surface area contributed by atoms with Gasteiger partial charge in [0.25, 0.3) is 5.56 Å². The molecule has 0 spiro atoms. The molecular weight excluding hydrogens is 538 g/mol. The van der Waals surface area contributed by atoms with Crippen molar-refractivity contribution < 1.29 is 9.53 Å². The molecule has 41 heavy (non-hydrogen) atoms. The zero-order valence-electron chi connectivity index (χ0n) is 23.1. The average Bonchev–Trinajstić information content (AvgIpc) is 3.74. The minimum atomic E-state index is -0.211. The summed E-state index contributed by atoms with van der Waals surface area (Å²) in [6, 6.07) is 12.0. The molecule has 210 valence electrons. The van der Waals surface area contributed by atoms with Crippen LogP contribution in [0.2, 0.25) is 0 Å². The maximum atomic E-state index is 14.0. The molecule has 5 aromatic rings. The SMILES string of the molecule is CCc1c(N2CCNCC2)c(=O)n2nc(-c3ccc4c(c3)CCO4)nc2n1CC(=O)Nc1cc2ccsc2cc1C. The molecule has 7 rings (SSSR count). The Morgan fingerprint density at radius 1 is 1.17 bits per heavy atom. The average molecular weight is 570 g/mol. The van der Waals surface area contributed by atoms with E-state index in [2.05, 4.69) is 33.0 Å². The van der Waals surface area contributed by atoms with Gasteiger partial charge in [-0.1, -0.05) is 6.92 Å². The normalized spacial score (nSPS) is 14.9. The number of benzene rings is 2. The number of hydrogen-bond donors (Lipinski definition) is 2. The predicted molar refractivity (Wildman–Crippen MR) is 162 cm³/mol. The van der Waals surface area contributed by atoms with Gasteiger partial charge >= 0.3 is 0 Å². The van der Waals surface area contributed by atoms with Gasteiger partial charge < -0.3 is 24.8 Å². The number of carbonyl (C=O) groups excluding carboxylic acids is 1. The van der Waals surface area contributed by atoms with E-state index >= 15 is 0 Å². The maximum absolute atomic E-state index is 14.0. The third kappa shape index (κ3) is 4.54. The van der Waals surface area contributed by atoms with Crippen LogP contribution in [0.4, 0.5) is 11.4 Å². The summed E-state index contributed by atoms with van der Waals surface area (Å²) in [5.41, 5.74) is 4.86. The summed E-state index contributed by atoms with van der Waals surface area (Å²) < 4.78 is 10.1. The van der Waals surface area contributed by atoms with Crippen molar-refractivity contribution in [2.24, 2.45) is 0 Å². The van der Waals surface area contributed by atoms with Crippen LogP contribution in [-0.4, -0.2) is 57.9 Å². The molecule has 2 N–H and O–H groups in total. The van der Waals surface area contributed by atoms with Crippen molar-refractivity contribution in [1.82, 2.24) is 24.5 Å². The molecule has 1 fully saturated rings. The minimum Gasteiger partial charge on any atom is -0.493 e. The summed E-state index contributed by atoms with van der Waals surface area (Å²) in [5, 5.41) is 14.3. The number of nitrogens with zero attached hydrogens (tertiary/aromatic N) is 5. The van der Waals surface area contributed by atoms with E-state index in [1.54, 1.807) is 11.3 Å². The topological polar surface area (TPSA) is 106 Å². The first-order chi connectivity index (χ1) is 20.0. The van der Waals surface area contributed by atoms with Crippen molar-refractivity contribution in [3.8, 4) is 17.1 Å². The van der Waals surface area contributed by atoms with E-state index in [0.717, 1.165) is 58.7 Å². The number of amides is 1. The van der Waals surface area contributed by atoms with Gasteiger partial charge in [-0.05, 0) is 71.6 Å². The fourth-order valence-electron chi connectivity index (χ4n) is 5.84. The van der Waals surface area contributed by atoms with E-state index in [1.807, 2.05) is 42.7 Å². The van der Waals surface area contributed by atoms with Crippen LogP contribution in [0.3, 0.4) is 0 Å². The number of carbonyl (C=O) groups is 1. The summed E-state index contributed by atoms with van der Waals surface area (Å²) in [5.74, 6) is 1.49. The van der Waals surface area contributed by atoms with Gasteiger partial charge in [-0.25, -0.2) is 0 Å². The van der Waals surface area contributed by atoms with Crippen LogP contribution in [0.15, 0.2) is 46.6 Å². The van der Waals surface area contributed by atoms with Gasteiger partial charge in [0.2, 0.25) is 11.7 Å². The second-order valence-corrected chi connectivity index (χ2v) is 11.5. The molecule has 0 aliphatic carbocycles. The second kappa shape index (κ2) is 10.3. The quantitative estimate of drug-likeness (QED) is 0.322. The molecule has 0 unspecified atom stereocenters. The first kappa shape index (κ1) is 25.7. The molecule has 2 aliphatic heterocycles. The van der Waals surface area contributed by atoms with E-state index in [9.17, 15) is 9.59 Å². The number of aryl methyl sites for hydroxylation is 1. The number of nitrogens with one attached hydrogen (secondary N) is 2. The molecule has 0 bridgehead atoms. The fraction of sp³-hybridized carbons (Fsp3) is 0.333. The highest BCUT2D eigenvalue weighted by atomic mass is 32.1. The van der Waals surface area contributed by atoms with E-state index in [-0.39, 0.29) is 18.0 Å². The Balaban J connectivity index is 1.33. The van der Waals surface area contributed by atoms with Crippen LogP contribution >= 0.6 is 11.3 Å². The van der Waals surface area contributed by atoms with E-state index in [1.165, 1.54) is 9.22 Å². The van der Waals surface area contributed by atoms with Crippen LogP contribution in [0, 0.1) is 6.92 Å². The van der Waals surface area contributed by atoms with Crippen molar-refractivity contribution in [3.63, 3.8) is 0 Å². The molecular formula is C30H31N7O3S. The first-order valence-electron chi connectivity index (χ1n) is 14.0. The Morgan fingerprint density at radius 2 is 2.02 bits per heavy atom. The third-order valence-corrected chi connectivity index (χ3v) is 8.80. The van der Waals surface area contributed by atoms with Crippen molar-refractivity contribution in [2.75, 3.05) is 43.0 Å². The number of ether oxygens (including phenoxy) is 1. The summed E-state index contributed by atoms with van der Waals surface area (Å²) in [6.45, 7) is 7.64. The van der Waals surface area contributed by atoms with Gasteiger partial charge in [-0.2, -0.15) is 9.50 Å². The van der Waals surface area contributed by atoms with Gasteiger partial charge in [0.1, 0.15) is 18.0 Å². The second-order valence-electron chi connectivity index (χ2n) is 10.5. The van der Waals surface area contributed by atoms with Crippen molar-refractivity contribution in [2.45, 2.75) is 33.2 Å². The molecule has 11 heteroatoms. The minimum absolute atomic E-state index is 0.00329.